The van der Waals surface area contributed by atoms with Crippen LogP contribution in [0.2, 0.25) is 0 Å². The monoisotopic (exact) mass is 194 g/mol. The molecule has 1 heterocycles. The first kappa shape index (κ1) is 9.65. The lowest BCUT2D eigenvalue weighted by molar-refractivity contribution is 0.291. The number of hydrogen-bond acceptors (Lipinski definition) is 3. The van der Waals surface area contributed by atoms with E-state index in [-0.39, 0.29) is 0 Å². The van der Waals surface area contributed by atoms with Crippen molar-refractivity contribution in [3.63, 3.8) is 0 Å². The van der Waals surface area contributed by atoms with Crippen molar-refractivity contribution in [2.24, 2.45) is 13.0 Å². The van der Waals surface area contributed by atoms with Gasteiger partial charge in [0.05, 0.1) is 11.9 Å². The topological polar surface area (TPSA) is 42.7 Å². The molecular formula is C10H18N4. The molecule has 0 aromatic carbocycles. The summed E-state index contributed by atoms with van der Waals surface area (Å²) in [5, 5.41) is 11.1. The quantitative estimate of drug-likeness (QED) is 0.714. The van der Waals surface area contributed by atoms with Crippen LogP contribution in [0.15, 0.2) is 6.20 Å². The van der Waals surface area contributed by atoms with Gasteiger partial charge < -0.3 is 5.32 Å². The molecular weight excluding hydrogens is 176 g/mol. The van der Waals surface area contributed by atoms with Crippen molar-refractivity contribution in [2.45, 2.75) is 32.2 Å². The van der Waals surface area contributed by atoms with Gasteiger partial charge in [0.1, 0.15) is 0 Å². The van der Waals surface area contributed by atoms with E-state index >= 15 is 0 Å². The summed E-state index contributed by atoms with van der Waals surface area (Å²) in [4.78, 5) is 0. The Labute approximate surface area is 84.7 Å². The molecule has 0 spiro atoms. The standard InChI is InChI=1S/C10H18N4/c1-14-10(8-12-13-14)7-11-6-5-9-3-2-4-9/h8-9,11H,2-7H2,1H3. The molecule has 0 atom stereocenters. The summed E-state index contributed by atoms with van der Waals surface area (Å²) in [7, 11) is 1.93. The van der Waals surface area contributed by atoms with Crippen molar-refractivity contribution in [3.8, 4) is 0 Å². The third-order valence-electron chi connectivity index (χ3n) is 3.07. The molecule has 1 aromatic rings. The molecule has 1 aromatic heterocycles. The first-order valence-electron chi connectivity index (χ1n) is 5.40. The highest BCUT2D eigenvalue weighted by molar-refractivity contribution is 4.92. The van der Waals surface area contributed by atoms with Gasteiger partial charge in [-0.05, 0) is 18.9 Å². The van der Waals surface area contributed by atoms with E-state index in [0.29, 0.717) is 0 Å². The summed E-state index contributed by atoms with van der Waals surface area (Å²) in [5.74, 6) is 0.993. The van der Waals surface area contributed by atoms with E-state index in [2.05, 4.69) is 15.6 Å². The van der Waals surface area contributed by atoms with Gasteiger partial charge >= 0.3 is 0 Å². The lowest BCUT2D eigenvalue weighted by atomic mass is 9.83. The van der Waals surface area contributed by atoms with E-state index in [1.807, 2.05) is 17.9 Å². The Morgan fingerprint density at radius 3 is 3.00 bits per heavy atom. The van der Waals surface area contributed by atoms with Gasteiger partial charge in [-0.1, -0.05) is 24.5 Å². The smallest absolute Gasteiger partial charge is 0.0738 e. The molecule has 0 saturated heterocycles. The normalized spacial score (nSPS) is 16.9. The molecule has 0 aliphatic heterocycles. The second-order valence-corrected chi connectivity index (χ2v) is 4.11. The van der Waals surface area contributed by atoms with Crippen LogP contribution in [-0.4, -0.2) is 21.5 Å². The number of rotatable bonds is 5. The van der Waals surface area contributed by atoms with Gasteiger partial charge in [-0.2, -0.15) is 0 Å². The van der Waals surface area contributed by atoms with Crippen LogP contribution < -0.4 is 5.32 Å². The molecule has 0 radical (unpaired) electrons. The largest absolute Gasteiger partial charge is 0.311 e. The zero-order valence-corrected chi connectivity index (χ0v) is 8.74. The fourth-order valence-corrected chi connectivity index (χ4v) is 1.78. The summed E-state index contributed by atoms with van der Waals surface area (Å²) < 4.78 is 1.82. The first-order chi connectivity index (χ1) is 6.86. The molecule has 2 rings (SSSR count). The Morgan fingerprint density at radius 1 is 1.57 bits per heavy atom. The van der Waals surface area contributed by atoms with Gasteiger partial charge in [0.15, 0.2) is 0 Å². The first-order valence-corrected chi connectivity index (χ1v) is 5.40. The third-order valence-corrected chi connectivity index (χ3v) is 3.07. The molecule has 0 amide bonds. The SMILES string of the molecule is Cn1nncc1CNCCC1CCC1. The van der Waals surface area contributed by atoms with Crippen molar-refractivity contribution < 1.29 is 0 Å². The van der Waals surface area contributed by atoms with Gasteiger partial charge in [0, 0.05) is 13.6 Å². The molecule has 1 aliphatic carbocycles. The summed E-state index contributed by atoms with van der Waals surface area (Å²) in [5.41, 5.74) is 1.15. The lowest BCUT2D eigenvalue weighted by Crippen LogP contribution is -2.22. The zero-order valence-electron chi connectivity index (χ0n) is 8.74. The minimum Gasteiger partial charge on any atom is -0.311 e. The third kappa shape index (κ3) is 2.32. The average molecular weight is 194 g/mol. The van der Waals surface area contributed by atoms with Crippen LogP contribution in [-0.2, 0) is 13.6 Å². The van der Waals surface area contributed by atoms with Crippen molar-refractivity contribution >= 4 is 0 Å². The van der Waals surface area contributed by atoms with Gasteiger partial charge in [0.2, 0.25) is 0 Å². The molecule has 0 bridgehead atoms. The lowest BCUT2D eigenvalue weighted by Gasteiger charge is -2.25. The van der Waals surface area contributed by atoms with E-state index < -0.39 is 0 Å². The average Bonchev–Trinajstić information content (AvgIpc) is 2.48. The second-order valence-electron chi connectivity index (χ2n) is 4.11. The fourth-order valence-electron chi connectivity index (χ4n) is 1.78. The van der Waals surface area contributed by atoms with Gasteiger partial charge in [-0.25, -0.2) is 0 Å². The summed E-state index contributed by atoms with van der Waals surface area (Å²) in [6.07, 6.45) is 7.46. The van der Waals surface area contributed by atoms with Crippen molar-refractivity contribution in [1.82, 2.24) is 20.3 Å². The molecule has 1 saturated carbocycles. The highest BCUT2D eigenvalue weighted by Gasteiger charge is 2.16. The number of aromatic nitrogens is 3. The molecule has 1 fully saturated rings. The number of hydrogen-bond donors (Lipinski definition) is 1. The van der Waals surface area contributed by atoms with Crippen molar-refractivity contribution in [2.75, 3.05) is 6.54 Å². The molecule has 4 nitrogen and oxygen atoms in total. The molecule has 1 aliphatic rings. The van der Waals surface area contributed by atoms with E-state index in [1.165, 1.54) is 25.7 Å². The van der Waals surface area contributed by atoms with Crippen LogP contribution in [0.1, 0.15) is 31.4 Å². The van der Waals surface area contributed by atoms with Gasteiger partial charge in [-0.3, -0.25) is 4.68 Å². The maximum Gasteiger partial charge on any atom is 0.0738 e. The van der Waals surface area contributed by atoms with E-state index in [9.17, 15) is 0 Å². The van der Waals surface area contributed by atoms with Crippen molar-refractivity contribution in [1.29, 1.82) is 0 Å². The minimum absolute atomic E-state index is 0.885. The highest BCUT2D eigenvalue weighted by atomic mass is 15.4. The molecule has 0 unspecified atom stereocenters. The number of nitrogens with zero attached hydrogens (tertiary/aromatic N) is 3. The Hall–Kier alpha value is -0.900. The summed E-state index contributed by atoms with van der Waals surface area (Å²) in [6.45, 7) is 2.01. The number of nitrogens with one attached hydrogen (secondary N) is 1. The van der Waals surface area contributed by atoms with Crippen molar-refractivity contribution in [3.05, 3.63) is 11.9 Å². The maximum absolute atomic E-state index is 3.88. The molecule has 14 heavy (non-hydrogen) atoms. The van der Waals surface area contributed by atoms with E-state index in [4.69, 9.17) is 0 Å². The second kappa shape index (κ2) is 4.55. The molecule has 1 N–H and O–H groups in total. The van der Waals surface area contributed by atoms with Crippen LogP contribution in [0.3, 0.4) is 0 Å². The van der Waals surface area contributed by atoms with Crippen LogP contribution in [0.4, 0.5) is 0 Å². The zero-order chi connectivity index (χ0) is 9.80. The van der Waals surface area contributed by atoms with Gasteiger partial charge in [-0.15, -0.1) is 5.10 Å². The summed E-state index contributed by atoms with van der Waals surface area (Å²) >= 11 is 0. The predicted octanol–water partition coefficient (Wildman–Crippen LogP) is 1.09. The fraction of sp³-hybridized carbons (Fsp3) is 0.800. The van der Waals surface area contributed by atoms with Crippen LogP contribution in [0, 0.1) is 5.92 Å². The highest BCUT2D eigenvalue weighted by Crippen LogP contribution is 2.28. The maximum atomic E-state index is 3.88. The Bertz CT molecular complexity index is 277. The van der Waals surface area contributed by atoms with Crippen LogP contribution in [0.5, 0.6) is 0 Å². The summed E-state index contributed by atoms with van der Waals surface area (Å²) in [6, 6.07) is 0. The Kier molecular flexibility index (Phi) is 3.14. The predicted molar refractivity (Wildman–Crippen MR) is 54.7 cm³/mol. The Morgan fingerprint density at radius 2 is 2.43 bits per heavy atom. The van der Waals surface area contributed by atoms with Crippen LogP contribution in [0.25, 0.3) is 0 Å². The van der Waals surface area contributed by atoms with E-state index in [1.54, 1.807) is 0 Å². The Balaban J connectivity index is 1.60. The van der Waals surface area contributed by atoms with Crippen LogP contribution >= 0.6 is 0 Å². The van der Waals surface area contributed by atoms with E-state index in [0.717, 1.165) is 24.7 Å². The van der Waals surface area contributed by atoms with Gasteiger partial charge in [0.25, 0.3) is 0 Å². The molecule has 4 heteroatoms. The number of aryl methyl sites for hydroxylation is 1. The minimum atomic E-state index is 0.885. The molecule has 78 valence electrons.